The molecule has 0 amide bonds. The zero-order chi connectivity index (χ0) is 20.6. The first-order valence-corrected chi connectivity index (χ1v) is 9.55. The van der Waals surface area contributed by atoms with Crippen molar-refractivity contribution in [2.75, 3.05) is 35.2 Å². The van der Waals surface area contributed by atoms with Crippen molar-refractivity contribution in [3.05, 3.63) is 48.8 Å². The van der Waals surface area contributed by atoms with Crippen LogP contribution in [0.4, 0.5) is 23.0 Å². The van der Waals surface area contributed by atoms with E-state index in [9.17, 15) is 0 Å². The molecule has 0 aliphatic carbocycles. The van der Waals surface area contributed by atoms with E-state index in [4.69, 9.17) is 16.3 Å². The lowest BCUT2D eigenvalue weighted by molar-refractivity contribution is 0.780. The van der Waals surface area contributed by atoms with Gasteiger partial charge < -0.3 is 15.5 Å². The van der Waals surface area contributed by atoms with Crippen LogP contribution in [0.1, 0.15) is 19.8 Å². The molecule has 0 fully saturated rings. The van der Waals surface area contributed by atoms with Crippen LogP contribution in [0.5, 0.6) is 0 Å². The highest BCUT2D eigenvalue weighted by atomic mass is 15.3. The van der Waals surface area contributed by atoms with E-state index < -0.39 is 0 Å². The molecule has 0 saturated heterocycles. The summed E-state index contributed by atoms with van der Waals surface area (Å²) in [6.45, 7) is 3.63. The molecule has 0 radical (unpaired) electrons. The maximum atomic E-state index is 8.97. The van der Waals surface area contributed by atoms with Crippen molar-refractivity contribution in [2.24, 2.45) is 0 Å². The number of rotatable bonds is 8. The molecule has 2 N–H and O–H groups in total. The van der Waals surface area contributed by atoms with Crippen molar-refractivity contribution in [1.82, 2.24) is 9.97 Å². The van der Waals surface area contributed by atoms with Gasteiger partial charge in [-0.2, -0.15) is 10.5 Å². The maximum absolute atomic E-state index is 8.97. The number of aromatic nitrogens is 2. The van der Waals surface area contributed by atoms with E-state index in [0.717, 1.165) is 16.5 Å². The van der Waals surface area contributed by atoms with Gasteiger partial charge >= 0.3 is 0 Å². The summed E-state index contributed by atoms with van der Waals surface area (Å²) < 4.78 is 0. The highest BCUT2D eigenvalue weighted by Crippen LogP contribution is 2.36. The minimum atomic E-state index is 0.324. The highest BCUT2D eigenvalue weighted by Gasteiger charge is 2.20. The van der Waals surface area contributed by atoms with Gasteiger partial charge in [-0.05, 0) is 18.4 Å². The summed E-state index contributed by atoms with van der Waals surface area (Å²) in [4.78, 5) is 12.8. The van der Waals surface area contributed by atoms with Gasteiger partial charge in [-0.25, -0.2) is 9.97 Å². The fraction of sp³-hybridized carbons (Fsp3) is 0.273. The smallest absolute Gasteiger partial charge is 0.161 e. The summed E-state index contributed by atoms with van der Waals surface area (Å²) in [6, 6.07) is 18.6. The predicted octanol–water partition coefficient (Wildman–Crippen LogP) is 4.00. The molecule has 0 spiro atoms. The third-order valence-electron chi connectivity index (χ3n) is 4.76. The molecule has 146 valence electrons. The molecular formula is C22H23N7. The minimum absolute atomic E-state index is 0.324. The van der Waals surface area contributed by atoms with E-state index >= 15 is 0 Å². The summed E-state index contributed by atoms with van der Waals surface area (Å²) in [5, 5.41) is 20.2. The number of hydrogen-bond acceptors (Lipinski definition) is 7. The first kappa shape index (κ1) is 19.9. The van der Waals surface area contributed by atoms with Crippen LogP contribution in [-0.4, -0.2) is 29.6 Å². The third-order valence-corrected chi connectivity index (χ3v) is 4.76. The summed E-state index contributed by atoms with van der Waals surface area (Å²) in [7, 11) is 0. The van der Waals surface area contributed by atoms with Crippen LogP contribution >= 0.6 is 0 Å². The number of nitrogens with two attached hydrogens (primary N) is 1. The van der Waals surface area contributed by atoms with Gasteiger partial charge in [0, 0.05) is 25.0 Å². The SMILES string of the molecule is CCN(c1ncnc(N(CCC#N)CCC#N)c1N)c1cccc2ccccc12. The van der Waals surface area contributed by atoms with Crippen molar-refractivity contribution in [1.29, 1.82) is 10.5 Å². The number of benzene rings is 2. The fourth-order valence-electron chi connectivity index (χ4n) is 3.42. The van der Waals surface area contributed by atoms with Crippen LogP contribution in [0.15, 0.2) is 48.8 Å². The fourth-order valence-corrected chi connectivity index (χ4v) is 3.42. The van der Waals surface area contributed by atoms with Crippen molar-refractivity contribution in [3.8, 4) is 12.1 Å². The molecule has 0 aliphatic rings. The lowest BCUT2D eigenvalue weighted by Crippen LogP contribution is -2.28. The highest BCUT2D eigenvalue weighted by molar-refractivity contribution is 5.97. The van der Waals surface area contributed by atoms with Gasteiger partial charge in [0.15, 0.2) is 11.6 Å². The lowest BCUT2D eigenvalue weighted by Gasteiger charge is -2.28. The van der Waals surface area contributed by atoms with Crippen molar-refractivity contribution >= 4 is 33.8 Å². The van der Waals surface area contributed by atoms with Crippen LogP contribution in [0.2, 0.25) is 0 Å². The molecule has 3 rings (SSSR count). The Kier molecular flexibility index (Phi) is 6.44. The molecular weight excluding hydrogens is 362 g/mol. The van der Waals surface area contributed by atoms with Gasteiger partial charge in [0.1, 0.15) is 12.0 Å². The molecule has 0 aliphatic heterocycles. The molecule has 1 aromatic heterocycles. The van der Waals surface area contributed by atoms with E-state index in [1.807, 2.05) is 30.0 Å². The Bertz CT molecular complexity index is 1040. The van der Waals surface area contributed by atoms with E-state index in [2.05, 4.69) is 51.3 Å². The largest absolute Gasteiger partial charge is 0.393 e. The normalized spacial score (nSPS) is 10.3. The summed E-state index contributed by atoms with van der Waals surface area (Å²) in [5.41, 5.74) is 7.97. The molecule has 0 unspecified atom stereocenters. The van der Waals surface area contributed by atoms with Crippen LogP contribution in [0, 0.1) is 22.7 Å². The van der Waals surface area contributed by atoms with Gasteiger partial charge in [0.2, 0.25) is 0 Å². The Morgan fingerprint density at radius 2 is 1.59 bits per heavy atom. The average Bonchev–Trinajstić information content (AvgIpc) is 2.76. The Hall–Kier alpha value is -3.84. The van der Waals surface area contributed by atoms with Gasteiger partial charge in [0.05, 0.1) is 30.7 Å². The van der Waals surface area contributed by atoms with Crippen LogP contribution in [0.3, 0.4) is 0 Å². The number of nitrogens with zero attached hydrogens (tertiary/aromatic N) is 6. The van der Waals surface area contributed by atoms with E-state index in [-0.39, 0.29) is 0 Å². The molecule has 1 heterocycles. The second-order valence-electron chi connectivity index (χ2n) is 6.48. The van der Waals surface area contributed by atoms with Crippen molar-refractivity contribution in [2.45, 2.75) is 19.8 Å². The summed E-state index contributed by atoms with van der Waals surface area (Å²) in [5.74, 6) is 1.17. The standard InChI is InChI=1S/C22H23N7/c1-2-29(19-11-5-9-17-8-3-4-10-18(17)19)22-20(25)21(26-16-27-22)28(14-6-12-23)15-7-13-24/h3-5,8-11,16H,2,6-7,14-15,25H2,1H3. The number of fused-ring (bicyclic) bond motifs is 1. The first-order chi connectivity index (χ1) is 14.2. The van der Waals surface area contributed by atoms with Crippen LogP contribution in [0.25, 0.3) is 10.8 Å². The topological polar surface area (TPSA) is 106 Å². The molecule has 0 atom stereocenters. The molecule has 29 heavy (non-hydrogen) atoms. The number of anilines is 4. The van der Waals surface area contributed by atoms with E-state index in [0.29, 0.717) is 49.8 Å². The van der Waals surface area contributed by atoms with Gasteiger partial charge in [0.25, 0.3) is 0 Å². The monoisotopic (exact) mass is 385 g/mol. The summed E-state index contributed by atoms with van der Waals surface area (Å²) in [6.07, 6.45) is 2.14. The van der Waals surface area contributed by atoms with Crippen LogP contribution < -0.4 is 15.5 Å². The number of hydrogen-bond donors (Lipinski definition) is 1. The van der Waals surface area contributed by atoms with E-state index in [1.165, 1.54) is 6.33 Å². The van der Waals surface area contributed by atoms with Gasteiger partial charge in [-0.3, -0.25) is 0 Å². The van der Waals surface area contributed by atoms with Gasteiger partial charge in [-0.1, -0.05) is 36.4 Å². The number of nitriles is 2. The third kappa shape index (κ3) is 4.20. The summed E-state index contributed by atoms with van der Waals surface area (Å²) >= 11 is 0. The van der Waals surface area contributed by atoms with E-state index in [1.54, 1.807) is 0 Å². The molecule has 3 aromatic rings. The minimum Gasteiger partial charge on any atom is -0.393 e. The molecule has 7 heteroatoms. The Balaban J connectivity index is 2.06. The Morgan fingerprint density at radius 1 is 0.931 bits per heavy atom. The number of nitrogen functional groups attached to an aromatic ring is 1. The van der Waals surface area contributed by atoms with Crippen molar-refractivity contribution < 1.29 is 0 Å². The molecule has 0 bridgehead atoms. The van der Waals surface area contributed by atoms with Gasteiger partial charge in [-0.15, -0.1) is 0 Å². The molecule has 0 saturated carbocycles. The lowest BCUT2D eigenvalue weighted by atomic mass is 10.1. The second-order valence-corrected chi connectivity index (χ2v) is 6.48. The Labute approximate surface area is 170 Å². The molecule has 7 nitrogen and oxygen atoms in total. The first-order valence-electron chi connectivity index (χ1n) is 9.55. The zero-order valence-electron chi connectivity index (χ0n) is 16.4. The van der Waals surface area contributed by atoms with Crippen LogP contribution in [-0.2, 0) is 0 Å². The second kappa shape index (κ2) is 9.38. The predicted molar refractivity (Wildman–Crippen MR) is 116 cm³/mol. The quantitative estimate of drug-likeness (QED) is 0.624. The molecule has 2 aromatic carbocycles. The van der Waals surface area contributed by atoms with Crippen molar-refractivity contribution in [3.63, 3.8) is 0 Å². The average molecular weight is 385 g/mol. The maximum Gasteiger partial charge on any atom is 0.161 e. The zero-order valence-corrected chi connectivity index (χ0v) is 16.4. The Morgan fingerprint density at radius 3 is 2.28 bits per heavy atom.